The topological polar surface area (TPSA) is 85.8 Å². The lowest BCUT2D eigenvalue weighted by Crippen LogP contribution is -2.26. The number of aryl methyl sites for hydroxylation is 4. The van der Waals surface area contributed by atoms with Crippen LogP contribution in [-0.2, 0) is 17.6 Å². The molecule has 0 saturated heterocycles. The van der Waals surface area contributed by atoms with Gasteiger partial charge in [-0.1, -0.05) is 5.16 Å². The van der Waals surface area contributed by atoms with Crippen LogP contribution in [0.15, 0.2) is 16.0 Å². The fourth-order valence-corrected chi connectivity index (χ4v) is 3.71. The predicted molar refractivity (Wildman–Crippen MR) is 99.7 cm³/mol. The maximum Gasteiger partial charge on any atom is 0.220 e. The van der Waals surface area contributed by atoms with Gasteiger partial charge in [0.05, 0.1) is 17.1 Å². The van der Waals surface area contributed by atoms with Crippen molar-refractivity contribution in [3.63, 3.8) is 0 Å². The second-order valence-corrected chi connectivity index (χ2v) is 7.20. The number of rotatable bonds is 7. The lowest BCUT2D eigenvalue weighted by Gasteiger charge is -2.04. The number of carbonyl (C=O) groups excluding carboxylic acids is 1. The molecule has 0 saturated carbocycles. The molecule has 0 bridgehead atoms. The summed E-state index contributed by atoms with van der Waals surface area (Å²) in [6.45, 7) is 8.32. The highest BCUT2D eigenvalue weighted by Crippen LogP contribution is 2.17. The molecule has 0 radical (unpaired) electrons. The van der Waals surface area contributed by atoms with Crippen LogP contribution in [0, 0.1) is 27.7 Å². The molecule has 26 heavy (non-hydrogen) atoms. The first-order chi connectivity index (χ1) is 12.4. The Balaban J connectivity index is 1.46. The molecule has 0 aliphatic heterocycles. The Morgan fingerprint density at radius 1 is 1.27 bits per heavy atom. The van der Waals surface area contributed by atoms with Crippen molar-refractivity contribution in [2.24, 2.45) is 0 Å². The molecule has 3 rings (SSSR count). The van der Waals surface area contributed by atoms with Crippen molar-refractivity contribution in [2.75, 3.05) is 6.54 Å². The van der Waals surface area contributed by atoms with Crippen LogP contribution < -0.4 is 5.32 Å². The number of carbonyl (C=O) groups is 1. The van der Waals surface area contributed by atoms with Crippen molar-refractivity contribution >= 4 is 17.2 Å². The molecule has 0 fully saturated rings. The van der Waals surface area contributed by atoms with Gasteiger partial charge in [0.1, 0.15) is 5.76 Å². The zero-order valence-corrected chi connectivity index (χ0v) is 16.3. The maximum absolute atomic E-state index is 12.0. The number of aromatic nitrogens is 4. The van der Waals surface area contributed by atoms with E-state index < -0.39 is 0 Å². The average Bonchev–Trinajstić information content (AvgIpc) is 3.26. The summed E-state index contributed by atoms with van der Waals surface area (Å²) in [6, 6.07) is 2.03. The monoisotopic (exact) mass is 373 g/mol. The molecular formula is C18H23N5O2S. The van der Waals surface area contributed by atoms with E-state index >= 15 is 0 Å². The molecule has 0 aliphatic carbocycles. The zero-order chi connectivity index (χ0) is 18.7. The van der Waals surface area contributed by atoms with Gasteiger partial charge in [0, 0.05) is 36.0 Å². The summed E-state index contributed by atoms with van der Waals surface area (Å²) in [6.07, 6.45) is 1.77. The average molecular weight is 373 g/mol. The number of hydrogen-bond donors (Lipinski definition) is 1. The zero-order valence-electron chi connectivity index (χ0n) is 15.5. The largest absolute Gasteiger partial charge is 0.361 e. The molecule has 138 valence electrons. The van der Waals surface area contributed by atoms with Gasteiger partial charge in [-0.25, -0.2) is 9.67 Å². The molecule has 8 heteroatoms. The summed E-state index contributed by atoms with van der Waals surface area (Å²) in [5.74, 6) is 0.813. The number of hydrogen-bond acceptors (Lipinski definition) is 6. The van der Waals surface area contributed by atoms with Gasteiger partial charge in [-0.15, -0.1) is 11.3 Å². The first-order valence-corrected chi connectivity index (χ1v) is 9.48. The molecule has 0 aromatic carbocycles. The summed E-state index contributed by atoms with van der Waals surface area (Å²) in [7, 11) is 0. The second kappa shape index (κ2) is 7.82. The third-order valence-electron chi connectivity index (χ3n) is 4.22. The van der Waals surface area contributed by atoms with Gasteiger partial charge >= 0.3 is 0 Å². The smallest absolute Gasteiger partial charge is 0.220 e. The molecule has 0 atom stereocenters. The van der Waals surface area contributed by atoms with Crippen LogP contribution >= 0.6 is 11.3 Å². The van der Waals surface area contributed by atoms with Crippen LogP contribution in [0.5, 0.6) is 0 Å². The molecule has 7 nitrogen and oxygen atoms in total. The molecule has 0 spiro atoms. The van der Waals surface area contributed by atoms with E-state index in [-0.39, 0.29) is 5.91 Å². The highest BCUT2D eigenvalue weighted by molar-refractivity contribution is 7.12. The van der Waals surface area contributed by atoms with E-state index in [0.717, 1.165) is 39.2 Å². The molecular weight excluding hydrogens is 350 g/mol. The van der Waals surface area contributed by atoms with E-state index in [1.807, 2.05) is 43.8 Å². The Bertz CT molecular complexity index is 889. The summed E-state index contributed by atoms with van der Waals surface area (Å²) in [5, 5.41) is 14.2. The van der Waals surface area contributed by atoms with Gasteiger partial charge in [0.25, 0.3) is 0 Å². The van der Waals surface area contributed by atoms with Gasteiger partial charge in [-0.3, -0.25) is 4.79 Å². The van der Waals surface area contributed by atoms with Crippen molar-refractivity contribution in [1.82, 2.24) is 25.2 Å². The molecule has 3 aromatic heterocycles. The summed E-state index contributed by atoms with van der Waals surface area (Å²) < 4.78 is 6.97. The molecule has 3 aromatic rings. The molecule has 0 aliphatic rings. The van der Waals surface area contributed by atoms with Crippen LogP contribution in [0.1, 0.15) is 40.5 Å². The van der Waals surface area contributed by atoms with E-state index in [1.54, 1.807) is 11.3 Å². The van der Waals surface area contributed by atoms with E-state index in [1.165, 1.54) is 0 Å². The Hall–Kier alpha value is -2.48. The highest BCUT2D eigenvalue weighted by Gasteiger charge is 2.12. The maximum atomic E-state index is 12.0. The quantitative estimate of drug-likeness (QED) is 0.688. The Morgan fingerprint density at radius 3 is 2.73 bits per heavy atom. The van der Waals surface area contributed by atoms with Gasteiger partial charge in [-0.05, 0) is 40.2 Å². The molecule has 1 N–H and O–H groups in total. The van der Waals surface area contributed by atoms with Crippen molar-refractivity contribution in [1.29, 1.82) is 0 Å². The minimum Gasteiger partial charge on any atom is -0.361 e. The van der Waals surface area contributed by atoms with Crippen LogP contribution in [0.3, 0.4) is 0 Å². The van der Waals surface area contributed by atoms with Crippen molar-refractivity contribution in [2.45, 2.75) is 47.0 Å². The lowest BCUT2D eigenvalue weighted by molar-refractivity contribution is -0.121. The highest BCUT2D eigenvalue weighted by atomic mass is 32.1. The molecule has 1 amide bonds. The third kappa shape index (κ3) is 4.19. The number of nitrogens with zero attached hydrogens (tertiary/aromatic N) is 4. The van der Waals surface area contributed by atoms with E-state index in [2.05, 4.69) is 20.6 Å². The molecule has 0 unspecified atom stereocenters. The Kier molecular flexibility index (Phi) is 5.51. The van der Waals surface area contributed by atoms with E-state index in [0.29, 0.717) is 25.8 Å². The normalized spacial score (nSPS) is 11.1. The van der Waals surface area contributed by atoms with Crippen LogP contribution in [0.25, 0.3) is 5.13 Å². The number of nitrogens with one attached hydrogen (secondary N) is 1. The van der Waals surface area contributed by atoms with Crippen molar-refractivity contribution < 1.29 is 9.32 Å². The summed E-state index contributed by atoms with van der Waals surface area (Å²) in [4.78, 5) is 16.6. The fourth-order valence-electron chi connectivity index (χ4n) is 2.85. The predicted octanol–water partition coefficient (Wildman–Crippen LogP) is 2.84. The Morgan fingerprint density at radius 2 is 2.08 bits per heavy atom. The van der Waals surface area contributed by atoms with Crippen molar-refractivity contribution in [3.05, 3.63) is 45.5 Å². The standard InChI is InChI=1S/C18H23N5O2S/c1-11-9-12(2)23(21-11)18-20-15(10-26-18)7-8-19-17(24)6-5-16-13(3)22-25-14(16)4/h9-10H,5-8H2,1-4H3,(H,19,24). The minimum atomic E-state index is 0.0269. The first kappa shape index (κ1) is 18.3. The third-order valence-corrected chi connectivity index (χ3v) is 5.08. The first-order valence-electron chi connectivity index (χ1n) is 8.60. The summed E-state index contributed by atoms with van der Waals surface area (Å²) in [5.41, 5.74) is 4.88. The van der Waals surface area contributed by atoms with E-state index in [9.17, 15) is 4.79 Å². The Labute approximate surface area is 156 Å². The number of thiazole rings is 1. The molecule has 3 heterocycles. The van der Waals surface area contributed by atoms with Gasteiger partial charge in [-0.2, -0.15) is 5.10 Å². The lowest BCUT2D eigenvalue weighted by atomic mass is 10.1. The van der Waals surface area contributed by atoms with Crippen LogP contribution in [-0.4, -0.2) is 32.4 Å². The SMILES string of the molecule is Cc1cc(C)n(-c2nc(CCNC(=O)CCc3c(C)noc3C)cs2)n1. The second-order valence-electron chi connectivity index (χ2n) is 6.36. The number of amides is 1. The van der Waals surface area contributed by atoms with Gasteiger partial charge in [0.15, 0.2) is 0 Å². The van der Waals surface area contributed by atoms with Gasteiger partial charge < -0.3 is 9.84 Å². The minimum absolute atomic E-state index is 0.0269. The summed E-state index contributed by atoms with van der Waals surface area (Å²) >= 11 is 1.56. The fraction of sp³-hybridized carbons (Fsp3) is 0.444. The van der Waals surface area contributed by atoms with Crippen LogP contribution in [0.4, 0.5) is 0 Å². The van der Waals surface area contributed by atoms with Crippen LogP contribution in [0.2, 0.25) is 0 Å². The van der Waals surface area contributed by atoms with E-state index in [4.69, 9.17) is 4.52 Å². The van der Waals surface area contributed by atoms with Crippen molar-refractivity contribution in [3.8, 4) is 5.13 Å². The van der Waals surface area contributed by atoms with Gasteiger partial charge in [0.2, 0.25) is 11.0 Å².